The summed E-state index contributed by atoms with van der Waals surface area (Å²) in [4.78, 5) is 12.4. The van der Waals surface area contributed by atoms with Gasteiger partial charge in [0, 0.05) is 18.5 Å². The van der Waals surface area contributed by atoms with Crippen LogP contribution in [0, 0.1) is 11.8 Å². The highest BCUT2D eigenvalue weighted by Crippen LogP contribution is 2.27. The smallest absolute Gasteiger partial charge is 0.220 e. The Morgan fingerprint density at radius 2 is 2.04 bits per heavy atom. The van der Waals surface area contributed by atoms with E-state index in [9.17, 15) is 4.79 Å². The molecule has 1 aliphatic carbocycles. The average Bonchev–Trinajstić information content (AvgIpc) is 3.15. The van der Waals surface area contributed by atoms with Gasteiger partial charge in [0.25, 0.3) is 0 Å². The molecular formula is C21H32N2O2. The summed E-state index contributed by atoms with van der Waals surface area (Å²) >= 11 is 0. The number of piperidine rings is 1. The standard InChI is InChI=1S/C21H32N2O2/c1-16(17-8-6-12-22-14-17)13-21(24)23-15-18-7-2-5-11-20(18)25-19-9-3-4-10-19/h2,5,7,11,16-17,19,22H,3-4,6,8-10,12-15H2,1H3,(H,23,24). The van der Waals surface area contributed by atoms with Gasteiger partial charge in [0.15, 0.2) is 0 Å². The Morgan fingerprint density at radius 1 is 1.24 bits per heavy atom. The van der Waals surface area contributed by atoms with E-state index in [-0.39, 0.29) is 5.91 Å². The van der Waals surface area contributed by atoms with E-state index >= 15 is 0 Å². The summed E-state index contributed by atoms with van der Waals surface area (Å²) in [5.41, 5.74) is 1.08. The van der Waals surface area contributed by atoms with Crippen molar-refractivity contribution in [2.45, 2.75) is 64.5 Å². The van der Waals surface area contributed by atoms with Gasteiger partial charge in [-0.3, -0.25) is 4.79 Å². The fourth-order valence-electron chi connectivity index (χ4n) is 4.04. The van der Waals surface area contributed by atoms with Crippen molar-refractivity contribution in [1.82, 2.24) is 10.6 Å². The lowest BCUT2D eigenvalue weighted by atomic mass is 9.85. The van der Waals surface area contributed by atoms with Gasteiger partial charge in [-0.2, -0.15) is 0 Å². The lowest BCUT2D eigenvalue weighted by Crippen LogP contribution is -2.35. The highest BCUT2D eigenvalue weighted by molar-refractivity contribution is 5.76. The second kappa shape index (κ2) is 9.23. The zero-order chi connectivity index (χ0) is 17.5. The molecular weight excluding hydrogens is 312 g/mol. The number of carbonyl (C=O) groups excluding carboxylic acids is 1. The number of hydrogen-bond donors (Lipinski definition) is 2. The Balaban J connectivity index is 1.48. The zero-order valence-corrected chi connectivity index (χ0v) is 15.4. The quantitative estimate of drug-likeness (QED) is 0.794. The molecule has 3 rings (SSSR count). The van der Waals surface area contributed by atoms with E-state index in [0.29, 0.717) is 30.9 Å². The van der Waals surface area contributed by atoms with Crippen molar-refractivity contribution < 1.29 is 9.53 Å². The highest BCUT2D eigenvalue weighted by atomic mass is 16.5. The van der Waals surface area contributed by atoms with E-state index in [4.69, 9.17) is 4.74 Å². The lowest BCUT2D eigenvalue weighted by Gasteiger charge is -2.28. The summed E-state index contributed by atoms with van der Waals surface area (Å²) < 4.78 is 6.16. The number of nitrogens with one attached hydrogen (secondary N) is 2. The molecule has 138 valence electrons. The number of benzene rings is 1. The third kappa shape index (κ3) is 5.46. The summed E-state index contributed by atoms with van der Waals surface area (Å²) in [6, 6.07) is 8.10. The molecule has 2 atom stereocenters. The molecule has 4 heteroatoms. The van der Waals surface area contributed by atoms with Gasteiger partial charge >= 0.3 is 0 Å². The van der Waals surface area contributed by atoms with Crippen molar-refractivity contribution in [3.63, 3.8) is 0 Å². The molecule has 1 saturated carbocycles. The Morgan fingerprint density at radius 3 is 2.80 bits per heavy atom. The van der Waals surface area contributed by atoms with Crippen LogP contribution in [0.15, 0.2) is 24.3 Å². The first-order chi connectivity index (χ1) is 12.2. The highest BCUT2D eigenvalue weighted by Gasteiger charge is 2.22. The predicted molar refractivity (Wildman–Crippen MR) is 101 cm³/mol. The lowest BCUT2D eigenvalue weighted by molar-refractivity contribution is -0.122. The van der Waals surface area contributed by atoms with Crippen molar-refractivity contribution in [1.29, 1.82) is 0 Å². The van der Waals surface area contributed by atoms with Crippen LogP contribution in [0.5, 0.6) is 5.75 Å². The molecule has 0 bridgehead atoms. The Bertz CT molecular complexity index is 549. The molecule has 1 aliphatic heterocycles. The van der Waals surface area contributed by atoms with Gasteiger partial charge in [-0.25, -0.2) is 0 Å². The molecule has 1 aromatic carbocycles. The van der Waals surface area contributed by atoms with E-state index < -0.39 is 0 Å². The van der Waals surface area contributed by atoms with Crippen LogP contribution in [0.2, 0.25) is 0 Å². The molecule has 0 radical (unpaired) electrons. The summed E-state index contributed by atoms with van der Waals surface area (Å²) in [6.45, 7) is 4.92. The third-order valence-electron chi connectivity index (χ3n) is 5.69. The molecule has 25 heavy (non-hydrogen) atoms. The molecule has 4 nitrogen and oxygen atoms in total. The molecule has 1 aromatic rings. The van der Waals surface area contributed by atoms with Crippen LogP contribution in [-0.2, 0) is 11.3 Å². The average molecular weight is 344 g/mol. The van der Waals surface area contributed by atoms with Crippen LogP contribution >= 0.6 is 0 Å². The first kappa shape index (κ1) is 18.2. The maximum atomic E-state index is 12.4. The van der Waals surface area contributed by atoms with Crippen molar-refractivity contribution in [3.05, 3.63) is 29.8 Å². The van der Waals surface area contributed by atoms with E-state index in [1.165, 1.54) is 25.7 Å². The number of amides is 1. The minimum absolute atomic E-state index is 0.147. The fourth-order valence-corrected chi connectivity index (χ4v) is 4.04. The maximum Gasteiger partial charge on any atom is 0.220 e. The summed E-state index contributed by atoms with van der Waals surface area (Å²) in [5, 5.41) is 6.54. The zero-order valence-electron chi connectivity index (χ0n) is 15.4. The summed E-state index contributed by atoms with van der Waals surface area (Å²) in [6.07, 6.45) is 8.23. The second-order valence-corrected chi connectivity index (χ2v) is 7.70. The Hall–Kier alpha value is -1.55. The van der Waals surface area contributed by atoms with Gasteiger partial charge in [0.1, 0.15) is 5.75 Å². The second-order valence-electron chi connectivity index (χ2n) is 7.70. The normalized spacial score (nSPS) is 22.5. The first-order valence-corrected chi connectivity index (χ1v) is 9.94. The molecule has 1 heterocycles. The maximum absolute atomic E-state index is 12.4. The summed E-state index contributed by atoms with van der Waals surface area (Å²) in [7, 11) is 0. The molecule has 1 amide bonds. The molecule has 2 aliphatic rings. The molecule has 0 spiro atoms. The van der Waals surface area contributed by atoms with Crippen LogP contribution in [0.1, 0.15) is 57.4 Å². The van der Waals surface area contributed by atoms with E-state index in [0.717, 1.165) is 37.2 Å². The van der Waals surface area contributed by atoms with Gasteiger partial charge in [0.05, 0.1) is 6.10 Å². The molecule has 2 fully saturated rings. The fraction of sp³-hybridized carbons (Fsp3) is 0.667. The van der Waals surface area contributed by atoms with E-state index in [2.05, 4.69) is 23.6 Å². The molecule has 0 aromatic heterocycles. The molecule has 2 unspecified atom stereocenters. The SMILES string of the molecule is CC(CC(=O)NCc1ccccc1OC1CCCC1)C1CCCNC1. The molecule has 2 N–H and O–H groups in total. The van der Waals surface area contributed by atoms with Crippen LogP contribution in [-0.4, -0.2) is 25.1 Å². The van der Waals surface area contributed by atoms with Crippen molar-refractivity contribution in [2.75, 3.05) is 13.1 Å². The van der Waals surface area contributed by atoms with Crippen LogP contribution in [0.25, 0.3) is 0 Å². The molecule has 1 saturated heterocycles. The van der Waals surface area contributed by atoms with Gasteiger partial charge in [0.2, 0.25) is 5.91 Å². The largest absolute Gasteiger partial charge is 0.490 e. The van der Waals surface area contributed by atoms with E-state index in [1.807, 2.05) is 18.2 Å². The van der Waals surface area contributed by atoms with Crippen molar-refractivity contribution >= 4 is 5.91 Å². The van der Waals surface area contributed by atoms with Crippen LogP contribution in [0.4, 0.5) is 0 Å². The van der Waals surface area contributed by atoms with Crippen LogP contribution < -0.4 is 15.4 Å². The number of carbonyl (C=O) groups is 1. The Labute approximate surface area is 151 Å². The van der Waals surface area contributed by atoms with Gasteiger partial charge < -0.3 is 15.4 Å². The Kier molecular flexibility index (Phi) is 6.74. The monoisotopic (exact) mass is 344 g/mol. The van der Waals surface area contributed by atoms with Crippen molar-refractivity contribution in [2.24, 2.45) is 11.8 Å². The number of ether oxygens (including phenoxy) is 1. The number of para-hydroxylation sites is 1. The minimum Gasteiger partial charge on any atom is -0.490 e. The minimum atomic E-state index is 0.147. The van der Waals surface area contributed by atoms with Crippen LogP contribution in [0.3, 0.4) is 0 Å². The van der Waals surface area contributed by atoms with Gasteiger partial charge in [-0.05, 0) is 69.5 Å². The van der Waals surface area contributed by atoms with E-state index in [1.54, 1.807) is 0 Å². The first-order valence-electron chi connectivity index (χ1n) is 9.94. The summed E-state index contributed by atoms with van der Waals surface area (Å²) in [5.74, 6) is 2.13. The number of hydrogen-bond acceptors (Lipinski definition) is 3. The number of rotatable bonds is 7. The van der Waals surface area contributed by atoms with Crippen molar-refractivity contribution in [3.8, 4) is 5.75 Å². The predicted octanol–water partition coefficient (Wildman–Crippen LogP) is 3.65. The topological polar surface area (TPSA) is 50.4 Å². The van der Waals surface area contributed by atoms with Gasteiger partial charge in [-0.1, -0.05) is 25.1 Å². The third-order valence-corrected chi connectivity index (χ3v) is 5.69. The van der Waals surface area contributed by atoms with Gasteiger partial charge in [-0.15, -0.1) is 0 Å².